The molecule has 1 heterocycles. The molecule has 0 fully saturated rings. The molecule has 2 N–H and O–H groups in total. The third-order valence-electron chi connectivity index (χ3n) is 2.80. The van der Waals surface area contributed by atoms with Crippen molar-refractivity contribution in [3.8, 4) is 0 Å². The van der Waals surface area contributed by atoms with Gasteiger partial charge in [0, 0.05) is 18.7 Å². The average Bonchev–Trinajstić information content (AvgIpc) is 2.96. The molecule has 128 valence electrons. The van der Waals surface area contributed by atoms with Gasteiger partial charge in [0.15, 0.2) is 4.34 Å². The summed E-state index contributed by atoms with van der Waals surface area (Å²) in [4.78, 5) is 22.5. The van der Waals surface area contributed by atoms with Crippen molar-refractivity contribution in [2.45, 2.75) is 23.4 Å². The first-order chi connectivity index (χ1) is 11.4. The Balaban J connectivity index is 2.03. The molecule has 2 rings (SSSR count). The van der Waals surface area contributed by atoms with Crippen LogP contribution in [0.15, 0.2) is 22.5 Å². The lowest BCUT2D eigenvalue weighted by Gasteiger charge is -2.11. The van der Waals surface area contributed by atoms with Gasteiger partial charge >= 0.3 is 0 Å². The molecule has 0 aliphatic carbocycles. The van der Waals surface area contributed by atoms with Crippen LogP contribution in [-0.4, -0.2) is 32.8 Å². The van der Waals surface area contributed by atoms with Crippen molar-refractivity contribution in [2.24, 2.45) is 0 Å². The number of hydrogen-bond donors (Lipinski definition) is 2. The lowest BCUT2D eigenvalue weighted by molar-refractivity contribution is -0.384. The molecule has 0 aliphatic rings. The summed E-state index contributed by atoms with van der Waals surface area (Å²) in [5, 5.41) is 24.9. The van der Waals surface area contributed by atoms with E-state index in [4.69, 9.17) is 11.6 Å². The SMILES string of the molecule is CCNc1nnc(SC(C)C(=O)Nc2cc([N+](=O)[O-])ccc2Cl)s1. The predicted octanol–water partition coefficient (Wildman–Crippen LogP) is 3.65. The first-order valence-corrected chi connectivity index (χ1v) is 8.97. The van der Waals surface area contributed by atoms with E-state index in [-0.39, 0.29) is 22.3 Å². The van der Waals surface area contributed by atoms with Gasteiger partial charge in [0.25, 0.3) is 5.69 Å². The second-order valence-electron chi connectivity index (χ2n) is 4.57. The Labute approximate surface area is 151 Å². The van der Waals surface area contributed by atoms with Crippen LogP contribution in [0, 0.1) is 10.1 Å². The van der Waals surface area contributed by atoms with Gasteiger partial charge in [-0.2, -0.15) is 0 Å². The Kier molecular flexibility index (Phi) is 6.35. The molecule has 1 atom stereocenters. The van der Waals surface area contributed by atoms with Crippen LogP contribution in [0.25, 0.3) is 0 Å². The second kappa shape index (κ2) is 8.27. The third kappa shape index (κ3) is 4.79. The number of halogens is 1. The van der Waals surface area contributed by atoms with E-state index < -0.39 is 10.2 Å². The number of rotatable bonds is 7. The summed E-state index contributed by atoms with van der Waals surface area (Å²) >= 11 is 8.58. The second-order valence-corrected chi connectivity index (χ2v) is 7.55. The fraction of sp³-hybridized carbons (Fsp3) is 0.308. The van der Waals surface area contributed by atoms with Crippen molar-refractivity contribution >= 4 is 57.1 Å². The van der Waals surface area contributed by atoms with Gasteiger partial charge < -0.3 is 10.6 Å². The number of carbonyl (C=O) groups is 1. The number of thioether (sulfide) groups is 1. The summed E-state index contributed by atoms with van der Waals surface area (Å²) in [6, 6.07) is 3.88. The van der Waals surface area contributed by atoms with Gasteiger partial charge in [0.2, 0.25) is 11.0 Å². The standard InChI is InChI=1S/C13H14ClN5O3S2/c1-3-15-12-17-18-13(24-12)23-7(2)11(20)16-10-6-8(19(21)22)4-5-9(10)14/h4-7H,3H2,1-2H3,(H,15,17)(H,16,20). The van der Waals surface area contributed by atoms with E-state index in [0.29, 0.717) is 9.47 Å². The topological polar surface area (TPSA) is 110 Å². The van der Waals surface area contributed by atoms with Gasteiger partial charge in [-0.05, 0) is 19.9 Å². The minimum atomic E-state index is -0.548. The van der Waals surface area contributed by atoms with Crippen LogP contribution in [0.4, 0.5) is 16.5 Å². The van der Waals surface area contributed by atoms with Crippen LogP contribution in [0.3, 0.4) is 0 Å². The fourth-order valence-corrected chi connectivity index (χ4v) is 3.77. The first kappa shape index (κ1) is 18.4. The van der Waals surface area contributed by atoms with Crippen molar-refractivity contribution in [3.05, 3.63) is 33.3 Å². The minimum Gasteiger partial charge on any atom is -0.360 e. The highest BCUT2D eigenvalue weighted by Crippen LogP contribution is 2.31. The summed E-state index contributed by atoms with van der Waals surface area (Å²) in [7, 11) is 0. The van der Waals surface area contributed by atoms with E-state index in [1.165, 1.54) is 41.3 Å². The summed E-state index contributed by atoms with van der Waals surface area (Å²) in [6.07, 6.45) is 0. The molecule has 0 aliphatic heterocycles. The maximum Gasteiger partial charge on any atom is 0.271 e. The molecular formula is C13H14ClN5O3S2. The van der Waals surface area contributed by atoms with E-state index in [0.717, 1.165) is 6.54 Å². The predicted molar refractivity (Wildman–Crippen MR) is 96.1 cm³/mol. The van der Waals surface area contributed by atoms with Gasteiger partial charge in [0.05, 0.1) is 20.9 Å². The molecule has 1 aromatic heterocycles. The highest BCUT2D eigenvalue weighted by atomic mass is 35.5. The highest BCUT2D eigenvalue weighted by molar-refractivity contribution is 8.02. The number of nitro groups is 1. The summed E-state index contributed by atoms with van der Waals surface area (Å²) in [5.74, 6) is -0.331. The molecule has 1 unspecified atom stereocenters. The van der Waals surface area contributed by atoms with Crippen molar-refractivity contribution in [3.63, 3.8) is 0 Å². The number of anilines is 2. The van der Waals surface area contributed by atoms with Gasteiger partial charge in [-0.1, -0.05) is 34.7 Å². The van der Waals surface area contributed by atoms with E-state index in [1.54, 1.807) is 6.92 Å². The molecule has 0 spiro atoms. The van der Waals surface area contributed by atoms with Crippen LogP contribution < -0.4 is 10.6 Å². The number of amides is 1. The molecule has 24 heavy (non-hydrogen) atoms. The Morgan fingerprint density at radius 3 is 2.92 bits per heavy atom. The minimum absolute atomic E-state index is 0.144. The normalized spacial score (nSPS) is 11.8. The molecule has 8 nitrogen and oxygen atoms in total. The number of carbonyl (C=O) groups excluding carboxylic acids is 1. The Bertz CT molecular complexity index is 755. The third-order valence-corrected chi connectivity index (χ3v) is 5.19. The number of non-ortho nitro benzene ring substituents is 1. The Morgan fingerprint density at radius 2 is 2.25 bits per heavy atom. The van der Waals surface area contributed by atoms with Crippen molar-refractivity contribution < 1.29 is 9.72 Å². The number of nitrogens with zero attached hydrogens (tertiary/aromatic N) is 3. The zero-order valence-electron chi connectivity index (χ0n) is 12.8. The van der Waals surface area contributed by atoms with Crippen molar-refractivity contribution in [1.29, 1.82) is 0 Å². The highest BCUT2D eigenvalue weighted by Gasteiger charge is 2.19. The van der Waals surface area contributed by atoms with E-state index in [1.807, 2.05) is 6.92 Å². The van der Waals surface area contributed by atoms with E-state index in [9.17, 15) is 14.9 Å². The largest absolute Gasteiger partial charge is 0.360 e. The number of nitrogens with one attached hydrogen (secondary N) is 2. The molecule has 0 bridgehead atoms. The first-order valence-electron chi connectivity index (χ1n) is 6.89. The Morgan fingerprint density at radius 1 is 1.50 bits per heavy atom. The molecule has 0 saturated carbocycles. The molecule has 2 aromatic rings. The molecular weight excluding hydrogens is 374 g/mol. The monoisotopic (exact) mass is 387 g/mol. The maximum absolute atomic E-state index is 12.3. The van der Waals surface area contributed by atoms with Crippen LogP contribution >= 0.6 is 34.7 Å². The lowest BCUT2D eigenvalue weighted by atomic mass is 10.2. The number of nitro benzene ring substituents is 1. The Hall–Kier alpha value is -1.91. The van der Waals surface area contributed by atoms with E-state index >= 15 is 0 Å². The number of hydrogen-bond acceptors (Lipinski definition) is 8. The quantitative estimate of drug-likeness (QED) is 0.423. The van der Waals surface area contributed by atoms with Crippen LogP contribution in [0.5, 0.6) is 0 Å². The van der Waals surface area contributed by atoms with Crippen LogP contribution in [0.1, 0.15) is 13.8 Å². The zero-order chi connectivity index (χ0) is 17.7. The van der Waals surface area contributed by atoms with Gasteiger partial charge in [-0.25, -0.2) is 0 Å². The van der Waals surface area contributed by atoms with Crippen molar-refractivity contribution in [2.75, 3.05) is 17.2 Å². The molecule has 0 radical (unpaired) electrons. The molecule has 0 saturated heterocycles. The molecule has 11 heteroatoms. The smallest absolute Gasteiger partial charge is 0.271 e. The van der Waals surface area contributed by atoms with E-state index in [2.05, 4.69) is 20.8 Å². The lowest BCUT2D eigenvalue weighted by Crippen LogP contribution is -2.22. The summed E-state index contributed by atoms with van der Waals surface area (Å²) in [6.45, 7) is 4.40. The zero-order valence-corrected chi connectivity index (χ0v) is 15.2. The van der Waals surface area contributed by atoms with Gasteiger partial charge in [0.1, 0.15) is 0 Å². The number of benzene rings is 1. The fourth-order valence-electron chi connectivity index (χ4n) is 1.64. The maximum atomic E-state index is 12.3. The van der Waals surface area contributed by atoms with Crippen molar-refractivity contribution in [1.82, 2.24) is 10.2 Å². The van der Waals surface area contributed by atoms with Gasteiger partial charge in [-0.3, -0.25) is 14.9 Å². The summed E-state index contributed by atoms with van der Waals surface area (Å²) < 4.78 is 0.652. The van der Waals surface area contributed by atoms with Crippen LogP contribution in [-0.2, 0) is 4.79 Å². The number of aromatic nitrogens is 2. The average molecular weight is 388 g/mol. The molecule has 1 aromatic carbocycles. The molecule has 1 amide bonds. The summed E-state index contributed by atoms with van der Waals surface area (Å²) in [5.41, 5.74) is 0.0586. The van der Waals surface area contributed by atoms with Gasteiger partial charge in [-0.15, -0.1) is 10.2 Å². The van der Waals surface area contributed by atoms with Crippen LogP contribution in [0.2, 0.25) is 5.02 Å².